The highest BCUT2D eigenvalue weighted by atomic mass is 15.2. The van der Waals surface area contributed by atoms with E-state index >= 15 is 0 Å². The molecule has 0 radical (unpaired) electrons. The first-order valence-corrected chi connectivity index (χ1v) is 38.8. The van der Waals surface area contributed by atoms with E-state index in [4.69, 9.17) is 0 Å². The minimum Gasteiger partial charge on any atom is -0.340 e. The van der Waals surface area contributed by atoms with Gasteiger partial charge in [0.05, 0.1) is 0 Å². The highest BCUT2D eigenvalue weighted by Gasteiger charge is 2.19. The van der Waals surface area contributed by atoms with Crippen molar-refractivity contribution in [2.75, 3.05) is 22.9 Å². The summed E-state index contributed by atoms with van der Waals surface area (Å²) in [5.74, 6) is 0. The number of hydrogen-bond donors (Lipinski definition) is 0. The molecule has 0 N–H and O–H groups in total. The predicted molar refractivity (Wildman–Crippen MR) is 480 cm³/mol. The molecule has 16 aromatic rings. The van der Waals surface area contributed by atoms with Gasteiger partial charge in [-0.15, -0.1) is 0 Å². The van der Waals surface area contributed by atoms with Crippen LogP contribution in [-0.4, -0.2) is 13.1 Å². The van der Waals surface area contributed by atoms with Crippen LogP contribution in [0, 0.1) is 27.7 Å². The second kappa shape index (κ2) is 34.1. The molecule has 0 saturated carbocycles. The minimum atomic E-state index is 0.666. The van der Waals surface area contributed by atoms with Crippen LogP contribution < -0.4 is 9.80 Å². The Labute approximate surface area is 661 Å². The predicted octanol–water partition coefficient (Wildman–Crippen LogP) is 28.9. The average Bonchev–Trinajstić information content (AvgIpc) is 0.801. The summed E-state index contributed by atoms with van der Waals surface area (Å²) in [6.45, 7) is 9.88. The third-order valence-electron chi connectivity index (χ3n) is 21.3. The average molecular weight is 1440 g/mol. The summed E-state index contributed by atoms with van der Waals surface area (Å²) in [7, 11) is 0. The Morgan fingerprint density at radius 2 is 0.321 bits per heavy atom. The molecule has 0 spiro atoms. The molecule has 0 fully saturated rings. The maximum Gasteiger partial charge on any atom is 0.0411 e. The van der Waals surface area contributed by atoms with E-state index in [2.05, 4.69) is 474 Å². The number of rotatable bonds is 23. The molecule has 0 saturated heterocycles. The zero-order chi connectivity index (χ0) is 76.0. The van der Waals surface area contributed by atoms with Crippen LogP contribution in [0.3, 0.4) is 0 Å². The number of benzene rings is 16. The molecule has 16 aromatic carbocycles. The van der Waals surface area contributed by atoms with Gasteiger partial charge in [0.2, 0.25) is 0 Å². The smallest absolute Gasteiger partial charge is 0.0411 e. The maximum atomic E-state index is 2.48. The molecule has 16 rings (SSSR count). The van der Waals surface area contributed by atoms with Crippen LogP contribution in [0.4, 0.5) is 22.7 Å². The first-order valence-electron chi connectivity index (χ1n) is 38.8. The summed E-state index contributed by atoms with van der Waals surface area (Å²) >= 11 is 0. The molecule has 0 amide bonds. The number of aryl methyl sites for hydroxylation is 4. The fraction of sp³-hybridized carbons (Fsp3) is 0.0545. The van der Waals surface area contributed by atoms with Crippen molar-refractivity contribution < 1.29 is 0 Å². The van der Waals surface area contributed by atoms with Crippen molar-refractivity contribution >= 4 is 69.3 Å². The van der Waals surface area contributed by atoms with Crippen molar-refractivity contribution in [3.63, 3.8) is 0 Å². The quantitative estimate of drug-likeness (QED) is 0.0589. The molecule has 0 aliphatic rings. The van der Waals surface area contributed by atoms with E-state index in [9.17, 15) is 0 Å². The van der Waals surface area contributed by atoms with Crippen molar-refractivity contribution in [3.05, 3.63) is 502 Å². The van der Waals surface area contributed by atoms with Crippen molar-refractivity contribution in [2.45, 2.75) is 27.7 Å². The van der Waals surface area contributed by atoms with Gasteiger partial charge in [-0.2, -0.15) is 0 Å². The molecule has 112 heavy (non-hydrogen) atoms. The van der Waals surface area contributed by atoms with Crippen molar-refractivity contribution in [1.82, 2.24) is 0 Å². The Kier molecular flexibility index (Phi) is 22.0. The van der Waals surface area contributed by atoms with Crippen LogP contribution >= 0.6 is 0 Å². The monoisotopic (exact) mass is 1440 g/mol. The lowest BCUT2D eigenvalue weighted by molar-refractivity contribution is 0.886. The lowest BCUT2D eigenvalue weighted by Gasteiger charge is -2.31. The second-order valence-corrected chi connectivity index (χ2v) is 29.1. The van der Waals surface area contributed by atoms with Crippen LogP contribution in [0.2, 0.25) is 0 Å². The summed E-state index contributed by atoms with van der Waals surface area (Å²) in [5.41, 5.74) is 37.5. The Bertz CT molecular complexity index is 5160. The molecule has 2 heteroatoms. The molecular formula is C110H88N2. The molecule has 0 aliphatic carbocycles. The van der Waals surface area contributed by atoms with Crippen molar-refractivity contribution in [1.29, 1.82) is 0 Å². The van der Waals surface area contributed by atoms with Crippen LogP contribution in [-0.2, 0) is 0 Å². The molecule has 538 valence electrons. The number of anilines is 4. The molecule has 0 bridgehead atoms. The normalized spacial score (nSPS) is 11.9. The fourth-order valence-electron chi connectivity index (χ4n) is 14.8. The molecule has 0 aromatic heterocycles. The summed E-state index contributed by atoms with van der Waals surface area (Å²) in [5, 5.41) is 0. The van der Waals surface area contributed by atoms with E-state index in [0.29, 0.717) is 13.1 Å². The van der Waals surface area contributed by atoms with E-state index in [1.165, 1.54) is 111 Å². The maximum absolute atomic E-state index is 2.48. The van der Waals surface area contributed by atoms with Crippen LogP contribution in [0.1, 0.15) is 89.0 Å². The third kappa shape index (κ3) is 17.5. The van der Waals surface area contributed by atoms with Gasteiger partial charge in [-0.25, -0.2) is 0 Å². The Balaban J connectivity index is 0.737. The second-order valence-electron chi connectivity index (χ2n) is 29.1. The summed E-state index contributed by atoms with van der Waals surface area (Å²) in [4.78, 5) is 4.97. The molecule has 0 unspecified atom stereocenters. The Hall–Kier alpha value is -13.9. The zero-order valence-electron chi connectivity index (χ0n) is 63.9. The number of nitrogens with zero attached hydrogens (tertiary/aromatic N) is 2. The highest BCUT2D eigenvalue weighted by molar-refractivity contribution is 5.96. The highest BCUT2D eigenvalue weighted by Crippen LogP contribution is 2.39. The zero-order valence-corrected chi connectivity index (χ0v) is 63.9. The largest absolute Gasteiger partial charge is 0.340 e. The van der Waals surface area contributed by atoms with Crippen LogP contribution in [0.15, 0.2) is 413 Å². The first kappa shape index (κ1) is 72.3. The third-order valence-corrected chi connectivity index (χ3v) is 21.3. The van der Waals surface area contributed by atoms with Crippen LogP contribution in [0.5, 0.6) is 0 Å². The number of hydrogen-bond acceptors (Lipinski definition) is 2. The van der Waals surface area contributed by atoms with Crippen LogP contribution in [0.25, 0.3) is 91.1 Å². The standard InChI is InChI=1S/C110H88N2/c1-79-25-33-83(34-26-79)75-107(95-17-9-5-10-18-95)99-49-41-87(42-50-99)91-57-65-103(66-58-91)111(104-67-59-92(60-68-104)88-43-51-100(52-44-88)108(96-19-11-6-12-20-96)76-84-35-27-80(2)28-36-84)73-74-112(105-69-61-93(62-70-105)89-45-53-101(54-46-89)109(97-21-13-7-14-22-97)77-85-37-29-81(3)30-38-85)106-71-63-94(64-72-106)90-47-55-102(56-48-90)110(98-23-15-8-16-24-98)78-86-39-31-82(4)32-40-86/h5-72,75-78H,73-74H2,1-4H3. The summed E-state index contributed by atoms with van der Waals surface area (Å²) in [6.07, 6.45) is 9.21. The SMILES string of the molecule is Cc1ccc(C=C(c2ccccc2)c2ccc(-c3ccc(N(CCN(c4ccc(-c5ccc(C(=Cc6ccc(C)cc6)c6ccccc6)cc5)cc4)c4ccc(-c5ccc(C(=Cc6ccc(C)cc6)c6ccccc6)cc5)cc4)c4ccc(-c5ccc(C(=Cc6ccc(C)cc6)c6ccccc6)cc5)cc4)cc3)cc2)cc1. The summed E-state index contributed by atoms with van der Waals surface area (Å²) < 4.78 is 0. The summed E-state index contributed by atoms with van der Waals surface area (Å²) in [6, 6.07) is 151. The van der Waals surface area contributed by atoms with Gasteiger partial charge >= 0.3 is 0 Å². The van der Waals surface area contributed by atoms with Crippen molar-refractivity contribution in [3.8, 4) is 44.5 Å². The molecule has 2 nitrogen and oxygen atoms in total. The van der Waals surface area contributed by atoms with E-state index in [0.717, 1.165) is 67.3 Å². The fourth-order valence-corrected chi connectivity index (χ4v) is 14.8. The lowest BCUT2D eigenvalue weighted by Crippen LogP contribution is -2.30. The van der Waals surface area contributed by atoms with E-state index < -0.39 is 0 Å². The van der Waals surface area contributed by atoms with Gasteiger partial charge in [0, 0.05) is 35.8 Å². The van der Waals surface area contributed by atoms with Gasteiger partial charge in [0.1, 0.15) is 0 Å². The van der Waals surface area contributed by atoms with Gasteiger partial charge in [0.15, 0.2) is 0 Å². The van der Waals surface area contributed by atoms with E-state index in [1.54, 1.807) is 0 Å². The van der Waals surface area contributed by atoms with Gasteiger partial charge in [-0.05, 0) is 234 Å². The molecule has 0 atom stereocenters. The Morgan fingerprint density at radius 3 is 0.491 bits per heavy atom. The first-order chi connectivity index (χ1) is 55.1. The molecule has 0 heterocycles. The molecular weight excluding hydrogens is 1350 g/mol. The van der Waals surface area contributed by atoms with Gasteiger partial charge in [-0.3, -0.25) is 0 Å². The Morgan fingerprint density at radius 1 is 0.170 bits per heavy atom. The van der Waals surface area contributed by atoms with E-state index in [1.807, 2.05) is 0 Å². The molecule has 0 aliphatic heterocycles. The van der Waals surface area contributed by atoms with Gasteiger partial charge < -0.3 is 9.80 Å². The van der Waals surface area contributed by atoms with Gasteiger partial charge in [0.25, 0.3) is 0 Å². The van der Waals surface area contributed by atoms with E-state index in [-0.39, 0.29) is 0 Å². The van der Waals surface area contributed by atoms with Gasteiger partial charge in [-0.1, -0.05) is 386 Å². The lowest BCUT2D eigenvalue weighted by atomic mass is 9.93. The topological polar surface area (TPSA) is 6.48 Å². The minimum absolute atomic E-state index is 0.666. The van der Waals surface area contributed by atoms with Crippen molar-refractivity contribution in [2.24, 2.45) is 0 Å².